The molecule has 8 heteroatoms. The number of amides is 1. The van der Waals surface area contributed by atoms with Gasteiger partial charge in [0.2, 0.25) is 12.7 Å². The van der Waals surface area contributed by atoms with Crippen molar-refractivity contribution in [1.82, 2.24) is 5.43 Å². The number of hydrogen-bond donors (Lipinski definition) is 1. The number of fused-ring (bicyclic) bond motifs is 1. The SMILES string of the molecule is CCCCC(=O)NN=Cc1cc2c(cc1[N+](=O)[O-])OCO2. The van der Waals surface area contributed by atoms with E-state index in [-0.39, 0.29) is 24.0 Å². The zero-order chi connectivity index (χ0) is 15.2. The van der Waals surface area contributed by atoms with E-state index in [0.29, 0.717) is 17.9 Å². The quantitative estimate of drug-likeness (QED) is 0.490. The lowest BCUT2D eigenvalue weighted by molar-refractivity contribution is -0.385. The molecule has 0 aliphatic carbocycles. The molecule has 0 saturated heterocycles. The minimum Gasteiger partial charge on any atom is -0.454 e. The van der Waals surface area contributed by atoms with Crippen molar-refractivity contribution < 1.29 is 19.2 Å². The van der Waals surface area contributed by atoms with E-state index in [1.807, 2.05) is 6.92 Å². The van der Waals surface area contributed by atoms with E-state index < -0.39 is 4.92 Å². The van der Waals surface area contributed by atoms with Gasteiger partial charge in [-0.15, -0.1) is 0 Å². The molecule has 1 aliphatic rings. The molecule has 0 spiro atoms. The van der Waals surface area contributed by atoms with Crippen molar-refractivity contribution in [2.45, 2.75) is 26.2 Å². The second kappa shape index (κ2) is 6.69. The summed E-state index contributed by atoms with van der Waals surface area (Å²) >= 11 is 0. The first-order valence-corrected chi connectivity index (χ1v) is 6.51. The highest BCUT2D eigenvalue weighted by atomic mass is 16.7. The van der Waals surface area contributed by atoms with E-state index in [1.165, 1.54) is 18.3 Å². The number of nitro groups is 1. The number of ether oxygens (including phenoxy) is 2. The molecule has 0 unspecified atom stereocenters. The monoisotopic (exact) mass is 293 g/mol. The Morgan fingerprint density at radius 1 is 1.48 bits per heavy atom. The smallest absolute Gasteiger partial charge is 0.282 e. The minimum atomic E-state index is -0.539. The average molecular weight is 293 g/mol. The predicted octanol–water partition coefficient (Wildman–Crippen LogP) is 1.96. The van der Waals surface area contributed by atoms with Crippen molar-refractivity contribution in [3.8, 4) is 11.5 Å². The van der Waals surface area contributed by atoms with Gasteiger partial charge in [0.25, 0.3) is 5.69 Å². The third-order valence-corrected chi connectivity index (χ3v) is 2.87. The second-order valence-electron chi connectivity index (χ2n) is 4.42. The van der Waals surface area contributed by atoms with Crippen LogP contribution in [0.1, 0.15) is 31.7 Å². The van der Waals surface area contributed by atoms with Crippen LogP contribution in [-0.2, 0) is 4.79 Å². The Morgan fingerprint density at radius 2 is 2.19 bits per heavy atom. The minimum absolute atomic E-state index is 0.0286. The van der Waals surface area contributed by atoms with Gasteiger partial charge in [0.1, 0.15) is 0 Å². The van der Waals surface area contributed by atoms with Gasteiger partial charge in [-0.1, -0.05) is 13.3 Å². The maximum absolute atomic E-state index is 11.4. The number of benzene rings is 1. The van der Waals surface area contributed by atoms with Gasteiger partial charge in [0.15, 0.2) is 11.5 Å². The average Bonchev–Trinajstić information content (AvgIpc) is 2.91. The summed E-state index contributed by atoms with van der Waals surface area (Å²) in [6.45, 7) is 2.01. The first kappa shape index (κ1) is 14.8. The van der Waals surface area contributed by atoms with E-state index in [0.717, 1.165) is 12.8 Å². The van der Waals surface area contributed by atoms with Gasteiger partial charge >= 0.3 is 0 Å². The molecule has 0 atom stereocenters. The highest BCUT2D eigenvalue weighted by Gasteiger charge is 2.22. The third kappa shape index (κ3) is 3.68. The first-order chi connectivity index (χ1) is 10.1. The molecule has 0 radical (unpaired) electrons. The van der Waals surface area contributed by atoms with Crippen LogP contribution in [0.15, 0.2) is 17.2 Å². The molecule has 2 rings (SSSR count). The van der Waals surface area contributed by atoms with Crippen LogP contribution in [0.4, 0.5) is 5.69 Å². The van der Waals surface area contributed by atoms with Crippen LogP contribution in [0.5, 0.6) is 11.5 Å². The maximum Gasteiger partial charge on any atom is 0.282 e. The van der Waals surface area contributed by atoms with E-state index >= 15 is 0 Å². The Labute approximate surface area is 120 Å². The van der Waals surface area contributed by atoms with Crippen molar-refractivity contribution in [3.63, 3.8) is 0 Å². The summed E-state index contributed by atoms with van der Waals surface area (Å²) in [5, 5.41) is 14.8. The van der Waals surface area contributed by atoms with Gasteiger partial charge in [-0.3, -0.25) is 14.9 Å². The lowest BCUT2D eigenvalue weighted by Crippen LogP contribution is -2.16. The van der Waals surface area contributed by atoms with Gasteiger partial charge in [-0.05, 0) is 12.5 Å². The second-order valence-corrected chi connectivity index (χ2v) is 4.42. The fourth-order valence-corrected chi connectivity index (χ4v) is 1.78. The number of hydrazone groups is 1. The van der Waals surface area contributed by atoms with Crippen molar-refractivity contribution >= 4 is 17.8 Å². The molecular weight excluding hydrogens is 278 g/mol. The highest BCUT2D eigenvalue weighted by molar-refractivity contribution is 5.88. The van der Waals surface area contributed by atoms with Crippen molar-refractivity contribution in [3.05, 3.63) is 27.8 Å². The van der Waals surface area contributed by atoms with Crippen LogP contribution in [0, 0.1) is 10.1 Å². The third-order valence-electron chi connectivity index (χ3n) is 2.87. The van der Waals surface area contributed by atoms with Crippen molar-refractivity contribution in [2.24, 2.45) is 5.10 Å². The van der Waals surface area contributed by atoms with Gasteiger partial charge in [0, 0.05) is 6.42 Å². The first-order valence-electron chi connectivity index (χ1n) is 6.51. The van der Waals surface area contributed by atoms with Gasteiger partial charge in [-0.25, -0.2) is 5.43 Å². The summed E-state index contributed by atoms with van der Waals surface area (Å²) in [5.74, 6) is 0.515. The Morgan fingerprint density at radius 3 is 2.86 bits per heavy atom. The van der Waals surface area contributed by atoms with Crippen molar-refractivity contribution in [1.29, 1.82) is 0 Å². The molecule has 1 heterocycles. The number of hydrogen-bond acceptors (Lipinski definition) is 6. The van der Waals surface area contributed by atoms with E-state index in [9.17, 15) is 14.9 Å². The van der Waals surface area contributed by atoms with Gasteiger partial charge in [0.05, 0.1) is 22.8 Å². The Hall–Kier alpha value is -2.64. The van der Waals surface area contributed by atoms with Gasteiger partial charge in [-0.2, -0.15) is 5.10 Å². The molecule has 1 aromatic carbocycles. The molecular formula is C13H15N3O5. The Bertz CT molecular complexity index is 585. The number of carbonyl (C=O) groups is 1. The normalized spacial score (nSPS) is 12.6. The number of unbranched alkanes of at least 4 members (excludes halogenated alkanes) is 1. The molecule has 1 N–H and O–H groups in total. The molecule has 0 bridgehead atoms. The molecule has 21 heavy (non-hydrogen) atoms. The summed E-state index contributed by atoms with van der Waals surface area (Å²) in [6, 6.07) is 2.74. The Kier molecular flexibility index (Phi) is 4.70. The lowest BCUT2D eigenvalue weighted by atomic mass is 10.1. The van der Waals surface area contributed by atoms with E-state index in [2.05, 4.69) is 10.5 Å². The van der Waals surface area contributed by atoms with E-state index in [4.69, 9.17) is 9.47 Å². The lowest BCUT2D eigenvalue weighted by Gasteiger charge is -2.01. The zero-order valence-corrected chi connectivity index (χ0v) is 11.5. The number of carbonyl (C=O) groups excluding carboxylic acids is 1. The fourth-order valence-electron chi connectivity index (χ4n) is 1.78. The summed E-state index contributed by atoms with van der Waals surface area (Å²) in [7, 11) is 0. The summed E-state index contributed by atoms with van der Waals surface area (Å²) in [4.78, 5) is 21.9. The zero-order valence-electron chi connectivity index (χ0n) is 11.5. The maximum atomic E-state index is 11.4. The van der Waals surface area contributed by atoms with Crippen LogP contribution in [-0.4, -0.2) is 23.8 Å². The predicted molar refractivity (Wildman–Crippen MR) is 74.5 cm³/mol. The Balaban J connectivity index is 2.12. The molecule has 8 nitrogen and oxygen atoms in total. The number of nitrogens with zero attached hydrogens (tertiary/aromatic N) is 2. The molecule has 0 fully saturated rings. The van der Waals surface area contributed by atoms with Crippen LogP contribution >= 0.6 is 0 Å². The molecule has 1 amide bonds. The largest absolute Gasteiger partial charge is 0.454 e. The summed E-state index contributed by atoms with van der Waals surface area (Å²) < 4.78 is 10.3. The van der Waals surface area contributed by atoms with Gasteiger partial charge < -0.3 is 9.47 Å². The fraction of sp³-hybridized carbons (Fsp3) is 0.385. The van der Waals surface area contributed by atoms with Crippen LogP contribution < -0.4 is 14.9 Å². The number of nitrogens with one attached hydrogen (secondary N) is 1. The number of nitro benzene ring substituents is 1. The van der Waals surface area contributed by atoms with Crippen LogP contribution in [0.25, 0.3) is 0 Å². The molecule has 0 saturated carbocycles. The topological polar surface area (TPSA) is 103 Å². The van der Waals surface area contributed by atoms with Crippen LogP contribution in [0.2, 0.25) is 0 Å². The molecule has 1 aliphatic heterocycles. The molecule has 1 aromatic rings. The van der Waals surface area contributed by atoms with Crippen molar-refractivity contribution in [2.75, 3.05) is 6.79 Å². The number of rotatable bonds is 6. The van der Waals surface area contributed by atoms with Crippen LogP contribution in [0.3, 0.4) is 0 Å². The summed E-state index contributed by atoms with van der Waals surface area (Å²) in [5.41, 5.74) is 2.41. The standard InChI is InChI=1S/C13H15N3O5/c1-2-3-4-13(17)15-14-7-9-5-11-12(21-8-20-11)6-10(9)16(18)19/h5-7H,2-4,8H2,1H3,(H,15,17). The highest BCUT2D eigenvalue weighted by Crippen LogP contribution is 2.37. The molecule has 112 valence electrons. The van der Waals surface area contributed by atoms with E-state index in [1.54, 1.807) is 0 Å². The molecule has 0 aromatic heterocycles. The summed E-state index contributed by atoms with van der Waals surface area (Å²) in [6.07, 6.45) is 3.28.